The van der Waals surface area contributed by atoms with Crippen molar-refractivity contribution in [3.05, 3.63) is 41.6 Å². The third kappa shape index (κ3) is 3.22. The summed E-state index contributed by atoms with van der Waals surface area (Å²) in [5.74, 6) is 0.657. The van der Waals surface area contributed by atoms with Crippen molar-refractivity contribution in [1.29, 1.82) is 0 Å². The molecule has 0 bridgehead atoms. The van der Waals surface area contributed by atoms with Crippen LogP contribution >= 0.6 is 0 Å². The van der Waals surface area contributed by atoms with Crippen LogP contribution < -0.4 is 15.8 Å². The molecule has 0 aliphatic carbocycles. The molecule has 0 unspecified atom stereocenters. The molecule has 21 heavy (non-hydrogen) atoms. The van der Waals surface area contributed by atoms with Gasteiger partial charge >= 0.3 is 5.97 Å². The smallest absolute Gasteiger partial charge is 0.341 e. The van der Waals surface area contributed by atoms with E-state index in [0.29, 0.717) is 11.5 Å². The quantitative estimate of drug-likeness (QED) is 0.840. The Bertz CT molecular complexity index is 671. The predicted molar refractivity (Wildman–Crippen MR) is 81.0 cm³/mol. The van der Waals surface area contributed by atoms with Crippen LogP contribution in [0.1, 0.15) is 15.9 Å². The van der Waals surface area contributed by atoms with E-state index in [2.05, 4.69) is 10.3 Å². The van der Waals surface area contributed by atoms with Gasteiger partial charge in [0.05, 0.1) is 26.1 Å². The lowest BCUT2D eigenvalue weighted by Crippen LogP contribution is -2.08. The Morgan fingerprint density at radius 2 is 2.05 bits per heavy atom. The molecule has 0 spiro atoms. The Balaban J connectivity index is 2.37. The van der Waals surface area contributed by atoms with Crippen LogP contribution in [0.3, 0.4) is 0 Å². The zero-order valence-electron chi connectivity index (χ0n) is 12.1. The molecule has 0 aliphatic rings. The highest BCUT2D eigenvalue weighted by Gasteiger charge is 2.14. The SMILES string of the molecule is COC(=O)c1cc(N)cnc1Nc1ccc(OC)cc1C. The van der Waals surface area contributed by atoms with Crippen molar-refractivity contribution in [3.8, 4) is 5.75 Å². The summed E-state index contributed by atoms with van der Waals surface area (Å²) >= 11 is 0. The second kappa shape index (κ2) is 6.13. The first kappa shape index (κ1) is 14.6. The average Bonchev–Trinajstić information content (AvgIpc) is 2.49. The van der Waals surface area contributed by atoms with Gasteiger partial charge in [-0.25, -0.2) is 9.78 Å². The van der Waals surface area contributed by atoms with Gasteiger partial charge in [-0.15, -0.1) is 0 Å². The van der Waals surface area contributed by atoms with Crippen LogP contribution in [-0.4, -0.2) is 25.2 Å². The highest BCUT2D eigenvalue weighted by atomic mass is 16.5. The number of nitrogens with one attached hydrogen (secondary N) is 1. The van der Waals surface area contributed by atoms with Crippen LogP contribution in [0.5, 0.6) is 5.75 Å². The molecular formula is C15H17N3O3. The van der Waals surface area contributed by atoms with E-state index in [1.807, 2.05) is 25.1 Å². The second-order valence-electron chi connectivity index (χ2n) is 4.46. The molecule has 0 saturated carbocycles. The number of aromatic nitrogens is 1. The summed E-state index contributed by atoms with van der Waals surface area (Å²) in [5.41, 5.74) is 8.13. The van der Waals surface area contributed by atoms with E-state index in [-0.39, 0.29) is 5.56 Å². The third-order valence-corrected chi connectivity index (χ3v) is 3.00. The maximum atomic E-state index is 11.8. The van der Waals surface area contributed by atoms with Crippen molar-refractivity contribution < 1.29 is 14.3 Å². The van der Waals surface area contributed by atoms with Crippen LogP contribution in [0.2, 0.25) is 0 Å². The van der Waals surface area contributed by atoms with Gasteiger partial charge in [-0.2, -0.15) is 0 Å². The minimum Gasteiger partial charge on any atom is -0.497 e. The number of nitrogens with zero attached hydrogens (tertiary/aromatic N) is 1. The first-order valence-electron chi connectivity index (χ1n) is 6.30. The molecule has 0 atom stereocenters. The zero-order valence-corrected chi connectivity index (χ0v) is 12.1. The number of aryl methyl sites for hydroxylation is 1. The fourth-order valence-electron chi connectivity index (χ4n) is 1.88. The van der Waals surface area contributed by atoms with Gasteiger partial charge < -0.3 is 20.5 Å². The summed E-state index contributed by atoms with van der Waals surface area (Å²) in [6.45, 7) is 1.93. The highest BCUT2D eigenvalue weighted by molar-refractivity contribution is 5.96. The number of hydrogen-bond acceptors (Lipinski definition) is 6. The molecule has 1 heterocycles. The Labute approximate surface area is 122 Å². The molecule has 3 N–H and O–H groups in total. The summed E-state index contributed by atoms with van der Waals surface area (Å²) in [5, 5.41) is 3.11. The Morgan fingerprint density at radius 1 is 1.29 bits per heavy atom. The van der Waals surface area contributed by atoms with Gasteiger partial charge in [0.2, 0.25) is 0 Å². The molecule has 2 rings (SSSR count). The fraction of sp³-hybridized carbons (Fsp3) is 0.200. The van der Waals surface area contributed by atoms with Crippen molar-refractivity contribution in [1.82, 2.24) is 4.98 Å². The predicted octanol–water partition coefficient (Wildman–Crippen LogP) is 2.51. The van der Waals surface area contributed by atoms with Crippen molar-refractivity contribution >= 4 is 23.2 Å². The molecule has 0 fully saturated rings. The van der Waals surface area contributed by atoms with Crippen molar-refractivity contribution in [3.63, 3.8) is 0 Å². The lowest BCUT2D eigenvalue weighted by molar-refractivity contribution is 0.0601. The number of carbonyl (C=O) groups is 1. The van der Waals surface area contributed by atoms with Crippen molar-refractivity contribution in [2.45, 2.75) is 6.92 Å². The van der Waals surface area contributed by atoms with Crippen LogP contribution in [0.25, 0.3) is 0 Å². The molecule has 6 heteroatoms. The van der Waals surface area contributed by atoms with Gasteiger partial charge in [-0.1, -0.05) is 0 Å². The van der Waals surface area contributed by atoms with Crippen LogP contribution in [0, 0.1) is 6.92 Å². The minimum atomic E-state index is -0.497. The minimum absolute atomic E-state index is 0.285. The average molecular weight is 287 g/mol. The maximum absolute atomic E-state index is 11.8. The fourth-order valence-corrected chi connectivity index (χ4v) is 1.88. The Hall–Kier alpha value is -2.76. The van der Waals surface area contributed by atoms with E-state index in [1.54, 1.807) is 7.11 Å². The summed E-state index contributed by atoms with van der Waals surface area (Å²) < 4.78 is 9.90. The van der Waals surface area contributed by atoms with E-state index >= 15 is 0 Å². The standard InChI is InChI=1S/C15H17N3O3/c1-9-6-11(20-2)4-5-13(9)18-14-12(15(19)21-3)7-10(16)8-17-14/h4-8H,16H2,1-3H3,(H,17,18). The largest absolute Gasteiger partial charge is 0.497 e. The third-order valence-electron chi connectivity index (χ3n) is 3.00. The molecule has 0 saturated heterocycles. The molecule has 0 radical (unpaired) electrons. The molecule has 1 aromatic carbocycles. The van der Waals surface area contributed by atoms with Crippen molar-refractivity contribution in [2.75, 3.05) is 25.3 Å². The van der Waals surface area contributed by atoms with Gasteiger partial charge in [-0.3, -0.25) is 0 Å². The van der Waals surface area contributed by atoms with Crippen LogP contribution in [0.4, 0.5) is 17.2 Å². The van der Waals surface area contributed by atoms with Crippen LogP contribution in [-0.2, 0) is 4.74 Å². The molecule has 6 nitrogen and oxygen atoms in total. The van der Waals surface area contributed by atoms with Gasteiger partial charge in [0.15, 0.2) is 0 Å². The molecular weight excluding hydrogens is 270 g/mol. The summed E-state index contributed by atoms with van der Waals surface area (Å²) in [7, 11) is 2.92. The van der Waals surface area contributed by atoms with E-state index in [4.69, 9.17) is 15.2 Å². The molecule has 2 aromatic rings. The monoisotopic (exact) mass is 287 g/mol. The second-order valence-corrected chi connectivity index (χ2v) is 4.46. The molecule has 0 aliphatic heterocycles. The van der Waals surface area contributed by atoms with Gasteiger partial charge in [-0.05, 0) is 36.8 Å². The van der Waals surface area contributed by atoms with E-state index in [1.165, 1.54) is 19.4 Å². The number of methoxy groups -OCH3 is 2. The van der Waals surface area contributed by atoms with Gasteiger partial charge in [0, 0.05) is 5.69 Å². The lowest BCUT2D eigenvalue weighted by atomic mass is 10.1. The number of nitrogens with two attached hydrogens (primary N) is 1. The topological polar surface area (TPSA) is 86.5 Å². The number of rotatable bonds is 4. The molecule has 0 amide bonds. The first-order valence-corrected chi connectivity index (χ1v) is 6.30. The summed E-state index contributed by atoms with van der Waals surface area (Å²) in [4.78, 5) is 15.9. The number of ether oxygens (including phenoxy) is 2. The summed E-state index contributed by atoms with van der Waals surface area (Å²) in [6, 6.07) is 7.09. The number of pyridine rings is 1. The number of esters is 1. The van der Waals surface area contributed by atoms with E-state index < -0.39 is 5.97 Å². The highest BCUT2D eigenvalue weighted by Crippen LogP contribution is 2.26. The van der Waals surface area contributed by atoms with Gasteiger partial charge in [0.1, 0.15) is 17.1 Å². The number of carbonyl (C=O) groups excluding carboxylic acids is 1. The molecule has 1 aromatic heterocycles. The first-order chi connectivity index (χ1) is 10.0. The normalized spacial score (nSPS) is 10.0. The zero-order chi connectivity index (χ0) is 15.4. The van der Waals surface area contributed by atoms with E-state index in [0.717, 1.165) is 17.0 Å². The van der Waals surface area contributed by atoms with E-state index in [9.17, 15) is 4.79 Å². The number of nitrogen functional groups attached to an aromatic ring is 1. The Morgan fingerprint density at radius 3 is 2.67 bits per heavy atom. The van der Waals surface area contributed by atoms with Crippen molar-refractivity contribution in [2.24, 2.45) is 0 Å². The lowest BCUT2D eigenvalue weighted by Gasteiger charge is -2.13. The maximum Gasteiger partial charge on any atom is 0.341 e. The Kier molecular flexibility index (Phi) is 4.27. The number of hydrogen-bond donors (Lipinski definition) is 2. The molecule has 110 valence electrons. The number of benzene rings is 1. The van der Waals surface area contributed by atoms with Crippen LogP contribution in [0.15, 0.2) is 30.5 Å². The summed E-state index contributed by atoms with van der Waals surface area (Å²) in [6.07, 6.45) is 1.48. The van der Waals surface area contributed by atoms with Gasteiger partial charge in [0.25, 0.3) is 0 Å². The number of anilines is 3.